The highest BCUT2D eigenvalue weighted by molar-refractivity contribution is 6.00. The third-order valence-corrected chi connectivity index (χ3v) is 4.50. The van der Waals surface area contributed by atoms with Gasteiger partial charge in [-0.3, -0.25) is 0 Å². The highest BCUT2D eigenvalue weighted by Crippen LogP contribution is 2.37. The number of hydrogen-bond acceptors (Lipinski definition) is 3. The van der Waals surface area contributed by atoms with Gasteiger partial charge in [-0.2, -0.15) is 0 Å². The number of furan rings is 1. The van der Waals surface area contributed by atoms with Gasteiger partial charge in [0, 0.05) is 27.5 Å². The van der Waals surface area contributed by atoms with Gasteiger partial charge in [-0.25, -0.2) is 4.79 Å². The summed E-state index contributed by atoms with van der Waals surface area (Å²) >= 11 is 0. The first-order valence-corrected chi connectivity index (χ1v) is 7.73. The summed E-state index contributed by atoms with van der Waals surface area (Å²) in [5.74, 6) is 0. The SMILES string of the molecule is CCc1c(C)c2cc3c(C(C)(C)C)coc3c(C)c2oc1=O. The van der Waals surface area contributed by atoms with E-state index in [-0.39, 0.29) is 11.0 Å². The molecular formula is C19H22O3. The molecule has 0 N–H and O–H groups in total. The van der Waals surface area contributed by atoms with Crippen LogP contribution in [-0.4, -0.2) is 0 Å². The lowest BCUT2D eigenvalue weighted by Crippen LogP contribution is -2.11. The van der Waals surface area contributed by atoms with Crippen LogP contribution in [0.4, 0.5) is 0 Å². The largest absolute Gasteiger partial charge is 0.464 e. The van der Waals surface area contributed by atoms with Crippen molar-refractivity contribution in [1.29, 1.82) is 0 Å². The van der Waals surface area contributed by atoms with Gasteiger partial charge < -0.3 is 8.83 Å². The fraction of sp³-hybridized carbons (Fsp3) is 0.421. The molecule has 1 aromatic carbocycles. The Bertz CT molecular complexity index is 933. The lowest BCUT2D eigenvalue weighted by Gasteiger charge is -2.17. The number of rotatable bonds is 1. The van der Waals surface area contributed by atoms with Gasteiger partial charge in [0.25, 0.3) is 0 Å². The maximum atomic E-state index is 12.1. The van der Waals surface area contributed by atoms with Crippen LogP contribution in [0.25, 0.3) is 21.9 Å². The molecule has 0 aliphatic rings. The van der Waals surface area contributed by atoms with Gasteiger partial charge in [-0.05, 0) is 37.3 Å². The van der Waals surface area contributed by atoms with Crippen LogP contribution >= 0.6 is 0 Å². The molecule has 116 valence electrons. The van der Waals surface area contributed by atoms with Crippen molar-refractivity contribution in [3.8, 4) is 0 Å². The zero-order valence-electron chi connectivity index (χ0n) is 14.1. The standard InChI is InChI=1S/C19H22O3/c1-7-12-10(2)13-8-14-15(19(4,5)6)9-21-16(14)11(3)17(13)22-18(12)20/h8-9H,7H2,1-6H3. The summed E-state index contributed by atoms with van der Waals surface area (Å²) in [6.07, 6.45) is 2.50. The van der Waals surface area contributed by atoms with Crippen molar-refractivity contribution in [3.05, 3.63) is 45.0 Å². The molecule has 3 aromatic rings. The van der Waals surface area contributed by atoms with E-state index in [0.717, 1.165) is 33.0 Å². The smallest absolute Gasteiger partial charge is 0.339 e. The first-order valence-electron chi connectivity index (χ1n) is 7.73. The maximum absolute atomic E-state index is 12.1. The second-order valence-electron chi connectivity index (χ2n) is 7.00. The molecule has 0 unspecified atom stereocenters. The quantitative estimate of drug-likeness (QED) is 0.593. The van der Waals surface area contributed by atoms with Crippen molar-refractivity contribution in [3.63, 3.8) is 0 Å². The van der Waals surface area contributed by atoms with E-state index in [1.807, 2.05) is 27.0 Å². The fourth-order valence-corrected chi connectivity index (χ4v) is 3.19. The molecule has 0 atom stereocenters. The fourth-order valence-electron chi connectivity index (χ4n) is 3.19. The van der Waals surface area contributed by atoms with Crippen LogP contribution in [0.15, 0.2) is 26.0 Å². The Hall–Kier alpha value is -2.03. The predicted octanol–water partition coefficient (Wildman–Crippen LogP) is 5.02. The summed E-state index contributed by atoms with van der Waals surface area (Å²) in [7, 11) is 0. The van der Waals surface area contributed by atoms with Gasteiger partial charge in [0.1, 0.15) is 11.2 Å². The van der Waals surface area contributed by atoms with Crippen LogP contribution in [0.5, 0.6) is 0 Å². The van der Waals surface area contributed by atoms with E-state index in [4.69, 9.17) is 8.83 Å². The van der Waals surface area contributed by atoms with Crippen LogP contribution in [0.2, 0.25) is 0 Å². The van der Waals surface area contributed by atoms with Crippen LogP contribution < -0.4 is 5.63 Å². The molecule has 3 nitrogen and oxygen atoms in total. The van der Waals surface area contributed by atoms with E-state index < -0.39 is 0 Å². The van der Waals surface area contributed by atoms with E-state index in [1.54, 1.807) is 0 Å². The van der Waals surface area contributed by atoms with Crippen LogP contribution in [0.1, 0.15) is 49.9 Å². The van der Waals surface area contributed by atoms with Gasteiger partial charge in [0.2, 0.25) is 0 Å². The van der Waals surface area contributed by atoms with Crippen LogP contribution in [0, 0.1) is 13.8 Å². The van der Waals surface area contributed by atoms with Gasteiger partial charge >= 0.3 is 5.63 Å². The second kappa shape index (κ2) is 4.73. The number of aryl methyl sites for hydroxylation is 2. The number of hydrogen-bond donors (Lipinski definition) is 0. The molecule has 0 radical (unpaired) electrons. The zero-order valence-corrected chi connectivity index (χ0v) is 14.1. The Kier molecular flexibility index (Phi) is 3.20. The summed E-state index contributed by atoms with van der Waals surface area (Å²) in [4.78, 5) is 12.1. The summed E-state index contributed by atoms with van der Waals surface area (Å²) in [6.45, 7) is 12.5. The minimum atomic E-state index is -0.238. The monoisotopic (exact) mass is 298 g/mol. The van der Waals surface area contributed by atoms with Crippen molar-refractivity contribution in [1.82, 2.24) is 0 Å². The van der Waals surface area contributed by atoms with E-state index >= 15 is 0 Å². The van der Waals surface area contributed by atoms with E-state index in [9.17, 15) is 4.79 Å². The van der Waals surface area contributed by atoms with Crippen LogP contribution in [0.3, 0.4) is 0 Å². The van der Waals surface area contributed by atoms with E-state index in [1.165, 1.54) is 5.56 Å². The molecule has 0 fully saturated rings. The summed E-state index contributed by atoms with van der Waals surface area (Å²) in [5.41, 5.74) is 5.06. The number of fused-ring (bicyclic) bond motifs is 2. The first-order chi connectivity index (χ1) is 10.3. The van der Waals surface area contributed by atoms with Crippen molar-refractivity contribution >= 4 is 21.9 Å². The van der Waals surface area contributed by atoms with Crippen molar-refractivity contribution < 1.29 is 8.83 Å². The average Bonchev–Trinajstić information content (AvgIpc) is 2.85. The lowest BCUT2D eigenvalue weighted by molar-refractivity contribution is 0.543. The third kappa shape index (κ3) is 1.99. The van der Waals surface area contributed by atoms with E-state index in [2.05, 4.69) is 26.8 Å². The maximum Gasteiger partial charge on any atom is 0.339 e. The third-order valence-electron chi connectivity index (χ3n) is 4.50. The summed E-state index contributed by atoms with van der Waals surface area (Å²) in [5, 5.41) is 2.12. The first kappa shape index (κ1) is 14.9. The molecule has 3 heteroatoms. The Morgan fingerprint density at radius 3 is 2.32 bits per heavy atom. The molecule has 2 aromatic heterocycles. The zero-order chi connectivity index (χ0) is 16.2. The molecule has 2 heterocycles. The Morgan fingerprint density at radius 2 is 1.73 bits per heavy atom. The van der Waals surface area contributed by atoms with Gasteiger partial charge in [-0.1, -0.05) is 27.7 Å². The molecule has 0 saturated heterocycles. The Labute approximate surface area is 129 Å². The Morgan fingerprint density at radius 1 is 1.05 bits per heavy atom. The van der Waals surface area contributed by atoms with Crippen LogP contribution in [-0.2, 0) is 11.8 Å². The molecule has 22 heavy (non-hydrogen) atoms. The molecule has 3 rings (SSSR count). The lowest BCUT2D eigenvalue weighted by atomic mass is 9.86. The van der Waals surface area contributed by atoms with Gasteiger partial charge in [0.15, 0.2) is 0 Å². The van der Waals surface area contributed by atoms with Crippen molar-refractivity contribution in [2.24, 2.45) is 0 Å². The molecule has 0 bridgehead atoms. The van der Waals surface area contributed by atoms with Gasteiger partial charge in [0.05, 0.1) is 6.26 Å². The second-order valence-corrected chi connectivity index (χ2v) is 7.00. The van der Waals surface area contributed by atoms with Crippen molar-refractivity contribution in [2.75, 3.05) is 0 Å². The number of benzene rings is 1. The molecule has 0 spiro atoms. The summed E-state index contributed by atoms with van der Waals surface area (Å²) < 4.78 is 11.4. The Balaban J connectivity index is 2.53. The minimum absolute atomic E-state index is 0.00246. The molecular weight excluding hydrogens is 276 g/mol. The van der Waals surface area contributed by atoms with E-state index in [0.29, 0.717) is 12.0 Å². The topological polar surface area (TPSA) is 43.4 Å². The molecule has 0 saturated carbocycles. The van der Waals surface area contributed by atoms with Crippen molar-refractivity contribution in [2.45, 2.75) is 53.4 Å². The van der Waals surface area contributed by atoms with Gasteiger partial charge in [-0.15, -0.1) is 0 Å². The highest BCUT2D eigenvalue weighted by Gasteiger charge is 2.23. The summed E-state index contributed by atoms with van der Waals surface area (Å²) in [6, 6.07) is 2.11. The molecule has 0 aliphatic carbocycles. The minimum Gasteiger partial charge on any atom is -0.464 e. The normalized spacial score (nSPS) is 12.5. The average molecular weight is 298 g/mol. The predicted molar refractivity (Wildman–Crippen MR) is 89.8 cm³/mol. The molecule has 0 aliphatic heterocycles. The highest BCUT2D eigenvalue weighted by atomic mass is 16.4. The molecule has 0 amide bonds.